The summed E-state index contributed by atoms with van der Waals surface area (Å²) >= 11 is 0. The number of hydrogen-bond donors (Lipinski definition) is 1. The van der Waals surface area contributed by atoms with Gasteiger partial charge in [0, 0.05) is 7.11 Å². The lowest BCUT2D eigenvalue weighted by Gasteiger charge is -2.09. The topological polar surface area (TPSA) is 87.6 Å². The van der Waals surface area contributed by atoms with E-state index in [9.17, 15) is 4.79 Å². The number of ether oxygens (including phenoxy) is 2. The molecule has 0 aliphatic carbocycles. The SMILES string of the molecule is CCOC(=O)C(OC)c1nc(C)c(CN)o1.Cl.Cl. The molecule has 0 spiro atoms. The van der Waals surface area contributed by atoms with Crippen molar-refractivity contribution in [3.63, 3.8) is 0 Å². The molecule has 1 aromatic rings. The molecule has 1 heterocycles. The second-order valence-corrected chi connectivity index (χ2v) is 3.13. The number of halogens is 2. The summed E-state index contributed by atoms with van der Waals surface area (Å²) in [4.78, 5) is 15.6. The van der Waals surface area contributed by atoms with Crippen LogP contribution in [0, 0.1) is 6.92 Å². The van der Waals surface area contributed by atoms with Crippen LogP contribution in [-0.4, -0.2) is 24.7 Å². The maximum absolute atomic E-state index is 11.5. The molecule has 1 unspecified atom stereocenters. The Morgan fingerprint density at radius 1 is 1.50 bits per heavy atom. The van der Waals surface area contributed by atoms with E-state index in [4.69, 9.17) is 19.6 Å². The first-order valence-electron chi connectivity index (χ1n) is 4.99. The molecule has 0 aromatic carbocycles. The molecule has 0 bridgehead atoms. The van der Waals surface area contributed by atoms with Crippen LogP contribution >= 0.6 is 24.8 Å². The molecule has 1 atom stereocenters. The number of esters is 1. The maximum atomic E-state index is 11.5. The van der Waals surface area contributed by atoms with Crippen molar-refractivity contribution in [1.29, 1.82) is 0 Å². The summed E-state index contributed by atoms with van der Waals surface area (Å²) in [5.74, 6) is 0.204. The molecule has 6 nitrogen and oxygen atoms in total. The zero-order valence-electron chi connectivity index (χ0n) is 10.5. The Balaban J connectivity index is 0. The summed E-state index contributed by atoms with van der Waals surface area (Å²) < 4.78 is 15.2. The predicted octanol–water partition coefficient (Wildman–Crippen LogP) is 1.54. The van der Waals surface area contributed by atoms with Gasteiger partial charge >= 0.3 is 5.97 Å². The quantitative estimate of drug-likeness (QED) is 0.830. The van der Waals surface area contributed by atoms with Crippen LogP contribution in [0.5, 0.6) is 0 Å². The maximum Gasteiger partial charge on any atom is 0.345 e. The second kappa shape index (κ2) is 9.16. The van der Waals surface area contributed by atoms with Crippen molar-refractivity contribution >= 4 is 30.8 Å². The monoisotopic (exact) mass is 300 g/mol. The van der Waals surface area contributed by atoms with E-state index >= 15 is 0 Å². The fourth-order valence-corrected chi connectivity index (χ4v) is 1.27. The normalized spacial score (nSPS) is 11.1. The largest absolute Gasteiger partial charge is 0.464 e. The van der Waals surface area contributed by atoms with Crippen LogP contribution in [0.15, 0.2) is 4.42 Å². The third-order valence-corrected chi connectivity index (χ3v) is 2.06. The fraction of sp³-hybridized carbons (Fsp3) is 0.600. The lowest BCUT2D eigenvalue weighted by atomic mass is 10.3. The minimum atomic E-state index is -0.932. The molecule has 0 fully saturated rings. The van der Waals surface area contributed by atoms with E-state index < -0.39 is 12.1 Å². The first kappa shape index (κ1) is 19.5. The molecule has 0 amide bonds. The first-order chi connectivity index (χ1) is 7.63. The summed E-state index contributed by atoms with van der Waals surface area (Å²) in [5, 5.41) is 0. The van der Waals surface area contributed by atoms with Crippen LogP contribution in [0.1, 0.15) is 30.4 Å². The Morgan fingerprint density at radius 3 is 2.50 bits per heavy atom. The molecule has 0 saturated heterocycles. The van der Waals surface area contributed by atoms with Gasteiger partial charge in [-0.15, -0.1) is 24.8 Å². The summed E-state index contributed by atoms with van der Waals surface area (Å²) in [7, 11) is 1.39. The molecule has 0 saturated carbocycles. The Bertz CT molecular complexity index is 371. The van der Waals surface area contributed by atoms with Crippen LogP contribution in [0.2, 0.25) is 0 Å². The van der Waals surface area contributed by atoms with Gasteiger partial charge in [0.05, 0.1) is 18.8 Å². The average molecular weight is 301 g/mol. The van der Waals surface area contributed by atoms with Gasteiger partial charge in [-0.05, 0) is 13.8 Å². The van der Waals surface area contributed by atoms with Gasteiger partial charge in [-0.3, -0.25) is 0 Å². The Labute approximate surface area is 118 Å². The lowest BCUT2D eigenvalue weighted by Crippen LogP contribution is -2.18. The van der Waals surface area contributed by atoms with Gasteiger partial charge in [0.1, 0.15) is 5.76 Å². The van der Waals surface area contributed by atoms with E-state index in [1.54, 1.807) is 13.8 Å². The van der Waals surface area contributed by atoms with Gasteiger partial charge < -0.3 is 19.6 Å². The Hall–Kier alpha value is -0.820. The van der Waals surface area contributed by atoms with E-state index in [-0.39, 0.29) is 43.9 Å². The van der Waals surface area contributed by atoms with Gasteiger partial charge in [0.25, 0.3) is 0 Å². The van der Waals surface area contributed by atoms with E-state index in [0.717, 1.165) is 0 Å². The van der Waals surface area contributed by atoms with Gasteiger partial charge in [0.2, 0.25) is 12.0 Å². The molecular weight excluding hydrogens is 283 g/mol. The molecule has 1 rings (SSSR count). The number of carbonyl (C=O) groups excluding carboxylic acids is 1. The molecule has 106 valence electrons. The number of rotatable bonds is 5. The van der Waals surface area contributed by atoms with Crippen molar-refractivity contribution < 1.29 is 18.7 Å². The number of methoxy groups -OCH3 is 1. The van der Waals surface area contributed by atoms with E-state index in [2.05, 4.69) is 4.98 Å². The molecule has 0 aliphatic rings. The molecule has 18 heavy (non-hydrogen) atoms. The lowest BCUT2D eigenvalue weighted by molar-refractivity contribution is -0.156. The van der Waals surface area contributed by atoms with Crippen molar-refractivity contribution in [2.24, 2.45) is 5.73 Å². The summed E-state index contributed by atoms with van der Waals surface area (Å²) in [6.07, 6.45) is -0.932. The second-order valence-electron chi connectivity index (χ2n) is 3.13. The molecule has 1 aromatic heterocycles. The summed E-state index contributed by atoms with van der Waals surface area (Å²) in [5.41, 5.74) is 6.11. The Morgan fingerprint density at radius 2 is 2.11 bits per heavy atom. The molecule has 8 heteroatoms. The van der Waals surface area contributed by atoms with Crippen LogP contribution in [0.4, 0.5) is 0 Å². The van der Waals surface area contributed by atoms with Gasteiger partial charge in [0.15, 0.2) is 0 Å². The highest BCUT2D eigenvalue weighted by molar-refractivity contribution is 5.85. The smallest absolute Gasteiger partial charge is 0.345 e. The van der Waals surface area contributed by atoms with Crippen molar-refractivity contribution in [2.75, 3.05) is 13.7 Å². The average Bonchev–Trinajstić information content (AvgIpc) is 2.61. The predicted molar refractivity (Wildman–Crippen MR) is 70.0 cm³/mol. The zero-order valence-corrected chi connectivity index (χ0v) is 12.1. The molecular formula is C10H18Cl2N2O4. The highest BCUT2D eigenvalue weighted by Crippen LogP contribution is 2.20. The third-order valence-electron chi connectivity index (χ3n) is 2.06. The van der Waals surface area contributed by atoms with E-state index in [0.29, 0.717) is 11.5 Å². The highest BCUT2D eigenvalue weighted by Gasteiger charge is 2.27. The van der Waals surface area contributed by atoms with Crippen molar-refractivity contribution in [3.8, 4) is 0 Å². The number of nitrogens with two attached hydrogens (primary N) is 1. The molecule has 2 N–H and O–H groups in total. The molecule has 0 radical (unpaired) electrons. The van der Waals surface area contributed by atoms with Crippen LogP contribution in [0.25, 0.3) is 0 Å². The Kier molecular flexibility index (Phi) is 9.93. The first-order valence-corrected chi connectivity index (χ1v) is 4.99. The third kappa shape index (κ3) is 4.45. The van der Waals surface area contributed by atoms with Crippen molar-refractivity contribution in [3.05, 3.63) is 17.3 Å². The highest BCUT2D eigenvalue weighted by atomic mass is 35.5. The minimum absolute atomic E-state index is 0. The van der Waals surface area contributed by atoms with Crippen LogP contribution < -0.4 is 5.73 Å². The van der Waals surface area contributed by atoms with Crippen molar-refractivity contribution in [2.45, 2.75) is 26.5 Å². The number of carbonyl (C=O) groups is 1. The van der Waals surface area contributed by atoms with Crippen LogP contribution in [-0.2, 0) is 20.8 Å². The molecule has 0 aliphatic heterocycles. The fourth-order valence-electron chi connectivity index (χ4n) is 1.27. The van der Waals surface area contributed by atoms with Crippen LogP contribution in [0.3, 0.4) is 0 Å². The standard InChI is InChI=1S/C10H16N2O4.2ClH/c1-4-15-10(13)8(14-3)9-12-6(2)7(5-11)16-9;;/h8H,4-5,11H2,1-3H3;2*1H. The van der Waals surface area contributed by atoms with E-state index in [1.165, 1.54) is 7.11 Å². The number of aromatic nitrogens is 1. The van der Waals surface area contributed by atoms with Gasteiger partial charge in [-0.1, -0.05) is 0 Å². The number of oxazole rings is 1. The van der Waals surface area contributed by atoms with Gasteiger partial charge in [-0.2, -0.15) is 0 Å². The minimum Gasteiger partial charge on any atom is -0.464 e. The summed E-state index contributed by atoms with van der Waals surface area (Å²) in [6.45, 7) is 3.99. The number of hydrogen-bond acceptors (Lipinski definition) is 6. The number of nitrogens with zero attached hydrogens (tertiary/aromatic N) is 1. The zero-order chi connectivity index (χ0) is 12.1. The van der Waals surface area contributed by atoms with E-state index in [1.807, 2.05) is 0 Å². The number of aryl methyl sites for hydroxylation is 1. The summed E-state index contributed by atoms with van der Waals surface area (Å²) in [6, 6.07) is 0. The van der Waals surface area contributed by atoms with Crippen molar-refractivity contribution in [1.82, 2.24) is 4.98 Å². The van der Waals surface area contributed by atoms with Gasteiger partial charge in [-0.25, -0.2) is 9.78 Å².